The maximum atomic E-state index is 11.4. The van der Waals surface area contributed by atoms with Crippen molar-refractivity contribution in [2.24, 2.45) is 0 Å². The topological polar surface area (TPSA) is 46.5 Å². The van der Waals surface area contributed by atoms with E-state index in [1.54, 1.807) is 0 Å². The van der Waals surface area contributed by atoms with E-state index >= 15 is 0 Å². The number of hydrogen-bond acceptors (Lipinski definition) is 2. The first-order valence-corrected chi connectivity index (χ1v) is 13.1. The first-order chi connectivity index (χ1) is 14.2. The van der Waals surface area contributed by atoms with Crippen LogP contribution < -0.4 is 0 Å². The van der Waals surface area contributed by atoms with Gasteiger partial charge in [0, 0.05) is 6.61 Å². The average Bonchev–Trinajstić information content (AvgIpc) is 2.71. The van der Waals surface area contributed by atoms with Gasteiger partial charge in [-0.25, -0.2) is 4.79 Å². The number of unbranched alkanes of at least 4 members (excludes halogenated alkanes) is 18. The molecule has 0 aliphatic heterocycles. The van der Waals surface area contributed by atoms with E-state index in [1.807, 2.05) is 0 Å². The molecule has 0 radical (unpaired) electrons. The van der Waals surface area contributed by atoms with Gasteiger partial charge in [-0.2, -0.15) is 0 Å². The SMILES string of the molecule is CCCCCCCCCCCCCC(OCCCCCCCCCCC)C(=O)O. The zero-order valence-corrected chi connectivity index (χ0v) is 19.9. The molecule has 1 atom stereocenters. The van der Waals surface area contributed by atoms with E-state index in [0.29, 0.717) is 13.0 Å². The van der Waals surface area contributed by atoms with Crippen LogP contribution in [0.2, 0.25) is 0 Å². The molecule has 1 unspecified atom stereocenters. The van der Waals surface area contributed by atoms with Crippen LogP contribution in [0.1, 0.15) is 149 Å². The van der Waals surface area contributed by atoms with Gasteiger partial charge < -0.3 is 9.84 Å². The lowest BCUT2D eigenvalue weighted by molar-refractivity contribution is -0.151. The van der Waals surface area contributed by atoms with Crippen molar-refractivity contribution < 1.29 is 14.6 Å². The molecule has 0 saturated carbocycles. The predicted octanol–water partition coefficient (Wildman–Crippen LogP) is 8.69. The molecule has 1 N–H and O–H groups in total. The Kier molecular flexibility index (Phi) is 23.2. The number of carbonyl (C=O) groups is 1. The molecule has 0 aromatic heterocycles. The molecule has 0 bridgehead atoms. The lowest BCUT2D eigenvalue weighted by Crippen LogP contribution is -2.24. The Morgan fingerprint density at radius 1 is 0.586 bits per heavy atom. The van der Waals surface area contributed by atoms with Crippen LogP contribution in [0.3, 0.4) is 0 Å². The molecule has 29 heavy (non-hydrogen) atoms. The highest BCUT2D eigenvalue weighted by molar-refractivity contribution is 5.72. The van der Waals surface area contributed by atoms with Crippen molar-refractivity contribution >= 4 is 5.97 Å². The molecule has 0 aromatic rings. The fourth-order valence-electron chi connectivity index (χ4n) is 3.91. The second kappa shape index (κ2) is 23.7. The van der Waals surface area contributed by atoms with Crippen LogP contribution in [0.4, 0.5) is 0 Å². The number of ether oxygens (including phenoxy) is 1. The zero-order chi connectivity index (χ0) is 21.4. The van der Waals surface area contributed by atoms with E-state index in [0.717, 1.165) is 19.3 Å². The van der Waals surface area contributed by atoms with E-state index in [2.05, 4.69) is 13.8 Å². The van der Waals surface area contributed by atoms with Crippen LogP contribution in [-0.4, -0.2) is 23.8 Å². The minimum absolute atomic E-state index is 0.595. The molecule has 0 aliphatic rings. The fourth-order valence-corrected chi connectivity index (χ4v) is 3.91. The minimum atomic E-state index is -0.784. The fraction of sp³-hybridized carbons (Fsp3) is 0.962. The van der Waals surface area contributed by atoms with Crippen molar-refractivity contribution in [3.8, 4) is 0 Å². The first-order valence-electron chi connectivity index (χ1n) is 13.1. The number of rotatable bonds is 24. The lowest BCUT2D eigenvalue weighted by Gasteiger charge is -2.13. The molecule has 0 heterocycles. The van der Waals surface area contributed by atoms with E-state index in [4.69, 9.17) is 4.74 Å². The van der Waals surface area contributed by atoms with Crippen molar-refractivity contribution in [2.75, 3.05) is 6.61 Å². The standard InChI is InChI=1S/C26H52O3/c1-3-5-7-9-11-13-14-15-17-19-21-23-25(26(27)28)29-24-22-20-18-16-12-10-8-6-4-2/h25H,3-24H2,1-2H3,(H,27,28). The normalized spacial score (nSPS) is 12.3. The second-order valence-corrected chi connectivity index (χ2v) is 8.85. The van der Waals surface area contributed by atoms with E-state index in [1.165, 1.54) is 109 Å². The van der Waals surface area contributed by atoms with Crippen molar-refractivity contribution in [1.82, 2.24) is 0 Å². The van der Waals surface area contributed by atoms with Crippen LogP contribution in [0.15, 0.2) is 0 Å². The van der Waals surface area contributed by atoms with Gasteiger partial charge in [0.15, 0.2) is 6.10 Å². The van der Waals surface area contributed by atoms with Crippen LogP contribution in [0, 0.1) is 0 Å². The van der Waals surface area contributed by atoms with Crippen LogP contribution in [-0.2, 0) is 9.53 Å². The summed E-state index contributed by atoms with van der Waals surface area (Å²) in [5.41, 5.74) is 0. The largest absolute Gasteiger partial charge is 0.479 e. The smallest absolute Gasteiger partial charge is 0.332 e. The van der Waals surface area contributed by atoms with Gasteiger partial charge in [0.25, 0.3) is 0 Å². The van der Waals surface area contributed by atoms with E-state index in [9.17, 15) is 9.90 Å². The second-order valence-electron chi connectivity index (χ2n) is 8.85. The number of carboxylic acids is 1. The third kappa shape index (κ3) is 21.9. The minimum Gasteiger partial charge on any atom is -0.479 e. The average molecular weight is 413 g/mol. The van der Waals surface area contributed by atoms with Crippen LogP contribution in [0.5, 0.6) is 0 Å². The Bertz CT molecular complexity index is 330. The summed E-state index contributed by atoms with van der Waals surface area (Å²) < 4.78 is 5.66. The van der Waals surface area contributed by atoms with Crippen molar-refractivity contribution in [1.29, 1.82) is 0 Å². The molecular weight excluding hydrogens is 360 g/mol. The summed E-state index contributed by atoms with van der Waals surface area (Å²) in [6.45, 7) is 5.11. The lowest BCUT2D eigenvalue weighted by atomic mass is 10.0. The molecule has 174 valence electrons. The molecule has 3 heteroatoms. The Labute approximate surface area is 182 Å². The predicted molar refractivity (Wildman–Crippen MR) is 126 cm³/mol. The Morgan fingerprint density at radius 2 is 0.931 bits per heavy atom. The maximum Gasteiger partial charge on any atom is 0.332 e. The summed E-state index contributed by atoms with van der Waals surface area (Å²) in [7, 11) is 0. The molecule has 0 saturated heterocycles. The monoisotopic (exact) mass is 412 g/mol. The molecule has 0 fully saturated rings. The highest BCUT2D eigenvalue weighted by Gasteiger charge is 2.16. The highest BCUT2D eigenvalue weighted by Crippen LogP contribution is 2.14. The number of carboxylic acid groups (broad SMARTS) is 1. The van der Waals surface area contributed by atoms with Crippen molar-refractivity contribution in [2.45, 2.75) is 155 Å². The Hall–Kier alpha value is -0.570. The van der Waals surface area contributed by atoms with Crippen molar-refractivity contribution in [3.05, 3.63) is 0 Å². The van der Waals surface area contributed by atoms with Crippen LogP contribution >= 0.6 is 0 Å². The maximum absolute atomic E-state index is 11.4. The molecule has 0 rings (SSSR count). The van der Waals surface area contributed by atoms with Gasteiger partial charge in [0.2, 0.25) is 0 Å². The Balaban J connectivity index is 3.44. The molecule has 0 spiro atoms. The summed E-state index contributed by atoms with van der Waals surface area (Å²) in [4.78, 5) is 11.4. The van der Waals surface area contributed by atoms with E-state index in [-0.39, 0.29) is 0 Å². The summed E-state index contributed by atoms with van der Waals surface area (Å²) in [6, 6.07) is 0. The zero-order valence-electron chi connectivity index (χ0n) is 19.9. The van der Waals surface area contributed by atoms with Gasteiger partial charge in [0.1, 0.15) is 0 Å². The van der Waals surface area contributed by atoms with Crippen LogP contribution in [0.25, 0.3) is 0 Å². The first kappa shape index (κ1) is 28.4. The van der Waals surface area contributed by atoms with Gasteiger partial charge >= 0.3 is 5.97 Å². The Morgan fingerprint density at radius 3 is 1.31 bits per heavy atom. The van der Waals surface area contributed by atoms with Gasteiger partial charge in [-0.1, -0.05) is 136 Å². The molecule has 0 aromatic carbocycles. The molecule has 0 aliphatic carbocycles. The quantitative estimate of drug-likeness (QED) is 0.161. The number of hydrogen-bond donors (Lipinski definition) is 1. The van der Waals surface area contributed by atoms with Crippen molar-refractivity contribution in [3.63, 3.8) is 0 Å². The van der Waals surface area contributed by atoms with Gasteiger partial charge in [-0.3, -0.25) is 0 Å². The summed E-state index contributed by atoms with van der Waals surface area (Å²) in [5.74, 6) is -0.784. The summed E-state index contributed by atoms with van der Waals surface area (Å²) in [5, 5.41) is 9.35. The third-order valence-corrected chi connectivity index (χ3v) is 5.91. The number of aliphatic carboxylic acids is 1. The molecule has 0 amide bonds. The summed E-state index contributed by atoms with van der Waals surface area (Å²) >= 11 is 0. The highest BCUT2D eigenvalue weighted by atomic mass is 16.5. The molecule has 3 nitrogen and oxygen atoms in total. The molecular formula is C26H52O3. The van der Waals surface area contributed by atoms with Gasteiger partial charge in [0.05, 0.1) is 0 Å². The van der Waals surface area contributed by atoms with E-state index < -0.39 is 12.1 Å². The third-order valence-electron chi connectivity index (χ3n) is 5.91. The van der Waals surface area contributed by atoms with Gasteiger partial charge in [-0.15, -0.1) is 0 Å². The summed E-state index contributed by atoms with van der Waals surface area (Å²) in [6.07, 6.45) is 25.8. The van der Waals surface area contributed by atoms with Gasteiger partial charge in [-0.05, 0) is 12.8 Å².